The third kappa shape index (κ3) is 4.25. The molecule has 0 aliphatic heterocycles. The molecular formula is C23H29N3O4. The van der Waals surface area contributed by atoms with E-state index < -0.39 is 5.54 Å². The maximum atomic E-state index is 13.2. The Balaban J connectivity index is 1.46. The normalized spacial score (nSPS) is 19.6. The molecule has 2 aliphatic carbocycles. The minimum atomic E-state index is -0.953. The average molecular weight is 412 g/mol. The number of Topliss-reactive ketones (excluding diaryl/α,β-unsaturated/α-hetero) is 1. The second kappa shape index (κ2) is 8.58. The largest absolute Gasteiger partial charge is 0.434 e. The standard InChI is InChI=1S/C23H29N3O4/c1-15(27)24-18(16-8-3-2-4-9-16)14-20(28)26-23(12-7-13-23)21(29)22-25-17-10-5-6-11-19(17)30-22/h5-6,10-11,16,18H,2-4,7-9,12-14H2,1H3,(H,24,27)(H,26,28). The first-order valence-corrected chi connectivity index (χ1v) is 11.0. The number of nitrogens with zero attached hydrogens (tertiary/aromatic N) is 1. The van der Waals surface area contributed by atoms with E-state index in [0.717, 1.165) is 32.1 Å². The number of nitrogens with one attached hydrogen (secondary N) is 2. The molecule has 0 bridgehead atoms. The number of carbonyl (C=O) groups is 3. The Labute approximate surface area is 176 Å². The van der Waals surface area contributed by atoms with Gasteiger partial charge in [-0.25, -0.2) is 4.98 Å². The van der Waals surface area contributed by atoms with E-state index in [1.807, 2.05) is 12.1 Å². The van der Waals surface area contributed by atoms with E-state index in [9.17, 15) is 14.4 Å². The molecule has 2 amide bonds. The molecule has 2 fully saturated rings. The van der Waals surface area contributed by atoms with Crippen molar-refractivity contribution in [2.75, 3.05) is 0 Å². The predicted octanol–water partition coefficient (Wildman–Crippen LogP) is 3.52. The molecule has 30 heavy (non-hydrogen) atoms. The highest BCUT2D eigenvalue weighted by Crippen LogP contribution is 2.36. The van der Waals surface area contributed by atoms with Crippen molar-refractivity contribution in [3.8, 4) is 0 Å². The number of amides is 2. The zero-order valence-electron chi connectivity index (χ0n) is 17.4. The van der Waals surface area contributed by atoms with Crippen LogP contribution in [0.25, 0.3) is 11.1 Å². The van der Waals surface area contributed by atoms with E-state index >= 15 is 0 Å². The Morgan fingerprint density at radius 2 is 1.87 bits per heavy atom. The van der Waals surface area contributed by atoms with Crippen LogP contribution in [0.3, 0.4) is 0 Å². The summed E-state index contributed by atoms with van der Waals surface area (Å²) in [5.74, 6) is -0.254. The zero-order valence-corrected chi connectivity index (χ0v) is 17.4. The van der Waals surface area contributed by atoms with Crippen LogP contribution in [0.15, 0.2) is 28.7 Å². The summed E-state index contributed by atoms with van der Waals surface area (Å²) in [4.78, 5) is 42.1. The predicted molar refractivity (Wildman–Crippen MR) is 112 cm³/mol. The molecule has 0 saturated heterocycles. The third-order valence-electron chi connectivity index (χ3n) is 6.52. The fourth-order valence-corrected chi connectivity index (χ4v) is 4.76. The number of carbonyl (C=O) groups excluding carboxylic acids is 3. The molecule has 2 aliphatic rings. The van der Waals surface area contributed by atoms with E-state index in [1.54, 1.807) is 12.1 Å². The fraction of sp³-hybridized carbons (Fsp3) is 0.565. The Hall–Kier alpha value is -2.70. The van der Waals surface area contributed by atoms with E-state index in [2.05, 4.69) is 15.6 Å². The number of hydrogen-bond acceptors (Lipinski definition) is 5. The van der Waals surface area contributed by atoms with Crippen molar-refractivity contribution < 1.29 is 18.8 Å². The van der Waals surface area contributed by atoms with Gasteiger partial charge in [-0.05, 0) is 50.2 Å². The molecule has 2 aromatic rings. The van der Waals surface area contributed by atoms with Gasteiger partial charge in [0, 0.05) is 19.4 Å². The van der Waals surface area contributed by atoms with Crippen molar-refractivity contribution in [2.45, 2.75) is 76.3 Å². The number of fused-ring (bicyclic) bond motifs is 1. The van der Waals surface area contributed by atoms with Crippen LogP contribution in [0.1, 0.15) is 75.4 Å². The van der Waals surface area contributed by atoms with Gasteiger partial charge in [-0.1, -0.05) is 31.4 Å². The molecule has 1 aromatic heterocycles. The van der Waals surface area contributed by atoms with E-state index in [1.165, 1.54) is 13.3 Å². The van der Waals surface area contributed by atoms with Crippen LogP contribution in [-0.2, 0) is 9.59 Å². The van der Waals surface area contributed by atoms with Gasteiger partial charge >= 0.3 is 0 Å². The van der Waals surface area contributed by atoms with Crippen molar-refractivity contribution >= 4 is 28.7 Å². The molecule has 7 heteroatoms. The van der Waals surface area contributed by atoms with E-state index in [0.29, 0.717) is 29.9 Å². The number of para-hydroxylation sites is 2. The van der Waals surface area contributed by atoms with Crippen molar-refractivity contribution in [1.82, 2.24) is 15.6 Å². The third-order valence-corrected chi connectivity index (χ3v) is 6.52. The Kier molecular flexibility index (Phi) is 5.88. The summed E-state index contributed by atoms with van der Waals surface area (Å²) in [7, 11) is 0. The number of ketones is 1. The van der Waals surface area contributed by atoms with Crippen LogP contribution < -0.4 is 10.6 Å². The van der Waals surface area contributed by atoms with Crippen molar-refractivity contribution in [2.24, 2.45) is 5.92 Å². The van der Waals surface area contributed by atoms with Gasteiger partial charge in [-0.2, -0.15) is 0 Å². The van der Waals surface area contributed by atoms with Gasteiger partial charge in [-0.3, -0.25) is 14.4 Å². The molecule has 160 valence electrons. The molecule has 7 nitrogen and oxygen atoms in total. The summed E-state index contributed by atoms with van der Waals surface area (Å²) < 4.78 is 5.65. The van der Waals surface area contributed by atoms with Crippen molar-refractivity contribution in [3.63, 3.8) is 0 Å². The summed E-state index contributed by atoms with van der Waals surface area (Å²) in [6.45, 7) is 1.48. The molecule has 2 N–H and O–H groups in total. The first-order valence-electron chi connectivity index (χ1n) is 11.0. The molecule has 2 saturated carbocycles. The molecule has 0 spiro atoms. The second-order valence-corrected chi connectivity index (χ2v) is 8.71. The average Bonchev–Trinajstić information content (AvgIpc) is 3.14. The van der Waals surface area contributed by atoms with Gasteiger partial charge in [0.15, 0.2) is 5.58 Å². The van der Waals surface area contributed by atoms with Crippen LogP contribution in [0.4, 0.5) is 0 Å². The van der Waals surface area contributed by atoms with Crippen LogP contribution in [0.5, 0.6) is 0 Å². The highest BCUT2D eigenvalue weighted by Gasteiger charge is 2.48. The lowest BCUT2D eigenvalue weighted by Crippen LogP contribution is -2.60. The molecule has 1 atom stereocenters. The lowest BCUT2D eigenvalue weighted by Gasteiger charge is -2.40. The number of oxazole rings is 1. The van der Waals surface area contributed by atoms with Gasteiger partial charge in [0.05, 0.1) is 0 Å². The van der Waals surface area contributed by atoms with Gasteiger partial charge in [-0.15, -0.1) is 0 Å². The van der Waals surface area contributed by atoms with Gasteiger partial charge in [0.2, 0.25) is 17.6 Å². The number of benzene rings is 1. The smallest absolute Gasteiger partial charge is 0.266 e. The summed E-state index contributed by atoms with van der Waals surface area (Å²) in [6.07, 6.45) is 7.70. The first-order chi connectivity index (χ1) is 14.5. The second-order valence-electron chi connectivity index (χ2n) is 8.71. The summed E-state index contributed by atoms with van der Waals surface area (Å²) >= 11 is 0. The topological polar surface area (TPSA) is 101 Å². The van der Waals surface area contributed by atoms with Gasteiger partial charge in [0.1, 0.15) is 11.1 Å². The van der Waals surface area contributed by atoms with Crippen molar-refractivity contribution in [3.05, 3.63) is 30.2 Å². The minimum absolute atomic E-state index is 0.0434. The number of aromatic nitrogens is 1. The molecule has 4 rings (SSSR count). The lowest BCUT2D eigenvalue weighted by molar-refractivity contribution is -0.125. The summed E-state index contributed by atoms with van der Waals surface area (Å²) in [6, 6.07) is 7.04. The Morgan fingerprint density at radius 1 is 1.13 bits per heavy atom. The molecule has 1 unspecified atom stereocenters. The number of hydrogen-bond donors (Lipinski definition) is 2. The van der Waals surface area contributed by atoms with Crippen LogP contribution >= 0.6 is 0 Å². The Morgan fingerprint density at radius 3 is 2.50 bits per heavy atom. The SMILES string of the molecule is CC(=O)NC(CC(=O)NC1(C(=O)c2nc3ccccc3o2)CCC1)C1CCCCC1. The highest BCUT2D eigenvalue weighted by molar-refractivity contribution is 6.04. The lowest BCUT2D eigenvalue weighted by atomic mass is 9.73. The quantitative estimate of drug-likeness (QED) is 0.679. The minimum Gasteiger partial charge on any atom is -0.434 e. The van der Waals surface area contributed by atoms with E-state index in [4.69, 9.17) is 4.42 Å². The van der Waals surface area contributed by atoms with Crippen molar-refractivity contribution in [1.29, 1.82) is 0 Å². The molecular weight excluding hydrogens is 382 g/mol. The van der Waals surface area contributed by atoms with Crippen LogP contribution in [0.2, 0.25) is 0 Å². The molecule has 1 aromatic carbocycles. The van der Waals surface area contributed by atoms with Crippen LogP contribution in [0, 0.1) is 5.92 Å². The van der Waals surface area contributed by atoms with Crippen LogP contribution in [-0.4, -0.2) is 34.2 Å². The first kappa shape index (κ1) is 20.6. The highest BCUT2D eigenvalue weighted by atomic mass is 16.4. The maximum absolute atomic E-state index is 13.2. The maximum Gasteiger partial charge on any atom is 0.266 e. The fourth-order valence-electron chi connectivity index (χ4n) is 4.76. The monoisotopic (exact) mass is 411 g/mol. The molecule has 0 radical (unpaired) electrons. The van der Waals surface area contributed by atoms with Gasteiger partial charge in [0.25, 0.3) is 5.89 Å². The Bertz CT molecular complexity index is 908. The number of rotatable bonds is 7. The van der Waals surface area contributed by atoms with E-state index in [-0.39, 0.29) is 36.0 Å². The summed E-state index contributed by atoms with van der Waals surface area (Å²) in [5, 5.41) is 5.94. The molecule has 1 heterocycles. The summed E-state index contributed by atoms with van der Waals surface area (Å²) in [5.41, 5.74) is 0.236. The van der Waals surface area contributed by atoms with Gasteiger partial charge < -0.3 is 15.1 Å². The zero-order chi connectivity index (χ0) is 21.1.